The highest BCUT2D eigenvalue weighted by atomic mass is 35.5. The zero-order valence-corrected chi connectivity index (χ0v) is 11.5. The summed E-state index contributed by atoms with van der Waals surface area (Å²) in [6.07, 6.45) is 2.62. The summed E-state index contributed by atoms with van der Waals surface area (Å²) in [6.45, 7) is 4.71. The van der Waals surface area contributed by atoms with E-state index < -0.39 is 0 Å². The summed E-state index contributed by atoms with van der Waals surface area (Å²) < 4.78 is 5.67. The molecule has 0 radical (unpaired) electrons. The van der Waals surface area contributed by atoms with Gasteiger partial charge >= 0.3 is 0 Å². The van der Waals surface area contributed by atoms with Crippen LogP contribution in [0.25, 0.3) is 0 Å². The summed E-state index contributed by atoms with van der Waals surface area (Å²) in [5.74, 6) is 0.656. The number of rotatable bonds is 6. The molecule has 0 atom stereocenters. The molecule has 1 aliphatic heterocycles. The highest BCUT2D eigenvalue weighted by Gasteiger charge is 2.11. The van der Waals surface area contributed by atoms with Crippen LogP contribution in [0.2, 0.25) is 5.02 Å². The van der Waals surface area contributed by atoms with Gasteiger partial charge in [0.1, 0.15) is 6.61 Å². The molecule has 0 unspecified atom stereocenters. The molecule has 0 bridgehead atoms. The maximum Gasteiger partial charge on any atom is 0.213 e. The molecule has 1 aromatic heterocycles. The average molecular weight is 270 g/mol. The fourth-order valence-corrected chi connectivity index (χ4v) is 2.29. The minimum Gasteiger partial charge on any atom is -0.476 e. The highest BCUT2D eigenvalue weighted by molar-refractivity contribution is 6.31. The Balaban J connectivity index is 1.82. The molecule has 0 aliphatic carbocycles. The normalized spacial score (nSPS) is 16.1. The molecule has 0 amide bonds. The lowest BCUT2D eigenvalue weighted by molar-refractivity contribution is 0.231. The zero-order chi connectivity index (χ0) is 12.8. The Morgan fingerprint density at radius 3 is 2.89 bits per heavy atom. The number of pyridine rings is 1. The molecular formula is C13H20ClN3O. The molecule has 5 heteroatoms. The van der Waals surface area contributed by atoms with Gasteiger partial charge in [-0.1, -0.05) is 11.6 Å². The Morgan fingerprint density at radius 2 is 2.17 bits per heavy atom. The molecule has 4 nitrogen and oxygen atoms in total. The predicted molar refractivity (Wildman–Crippen MR) is 73.2 cm³/mol. The van der Waals surface area contributed by atoms with Gasteiger partial charge in [-0.05, 0) is 39.0 Å². The number of aromatic nitrogens is 1. The number of likely N-dealkylation sites (tertiary alicyclic amines) is 1. The van der Waals surface area contributed by atoms with Crippen molar-refractivity contribution >= 4 is 11.6 Å². The second-order valence-electron chi connectivity index (χ2n) is 4.51. The summed E-state index contributed by atoms with van der Waals surface area (Å²) in [5.41, 5.74) is 0.831. The fourth-order valence-electron chi connectivity index (χ4n) is 2.12. The van der Waals surface area contributed by atoms with E-state index in [1.807, 2.05) is 19.2 Å². The van der Waals surface area contributed by atoms with Crippen LogP contribution in [-0.4, -0.2) is 43.2 Å². The van der Waals surface area contributed by atoms with Crippen LogP contribution >= 0.6 is 11.6 Å². The molecule has 2 heterocycles. The van der Waals surface area contributed by atoms with Gasteiger partial charge in [-0.3, -0.25) is 4.90 Å². The van der Waals surface area contributed by atoms with Gasteiger partial charge in [0, 0.05) is 19.2 Å². The first-order valence-corrected chi connectivity index (χ1v) is 6.82. The van der Waals surface area contributed by atoms with E-state index in [4.69, 9.17) is 16.3 Å². The summed E-state index contributed by atoms with van der Waals surface area (Å²) in [4.78, 5) is 6.81. The molecule has 1 saturated heterocycles. The first kappa shape index (κ1) is 13.6. The van der Waals surface area contributed by atoms with Crippen LogP contribution in [0.5, 0.6) is 5.88 Å². The molecule has 1 aliphatic rings. The van der Waals surface area contributed by atoms with Gasteiger partial charge in [0.15, 0.2) is 0 Å². The summed E-state index contributed by atoms with van der Waals surface area (Å²) in [7, 11) is 1.87. The smallest absolute Gasteiger partial charge is 0.213 e. The topological polar surface area (TPSA) is 37.4 Å². The van der Waals surface area contributed by atoms with Crippen molar-refractivity contribution in [2.45, 2.75) is 19.4 Å². The monoisotopic (exact) mass is 269 g/mol. The molecular weight excluding hydrogens is 250 g/mol. The van der Waals surface area contributed by atoms with Crippen molar-refractivity contribution in [3.8, 4) is 5.88 Å². The molecule has 0 saturated carbocycles. The van der Waals surface area contributed by atoms with Gasteiger partial charge in [-0.25, -0.2) is 4.98 Å². The molecule has 100 valence electrons. The van der Waals surface area contributed by atoms with E-state index in [0.29, 0.717) is 24.1 Å². The predicted octanol–water partition coefficient (Wildman–Crippen LogP) is 1.93. The third kappa shape index (κ3) is 3.83. The van der Waals surface area contributed by atoms with Crippen LogP contribution in [0, 0.1) is 0 Å². The molecule has 2 rings (SSSR count). The lowest BCUT2D eigenvalue weighted by Crippen LogP contribution is -2.25. The van der Waals surface area contributed by atoms with Gasteiger partial charge in [0.2, 0.25) is 5.88 Å². The third-order valence-corrected chi connectivity index (χ3v) is 3.44. The van der Waals surface area contributed by atoms with Gasteiger partial charge < -0.3 is 10.1 Å². The minimum absolute atomic E-state index is 0.655. The van der Waals surface area contributed by atoms with Crippen LogP contribution < -0.4 is 10.1 Å². The lowest BCUT2D eigenvalue weighted by Gasteiger charge is -2.15. The molecule has 0 spiro atoms. The maximum atomic E-state index is 6.05. The Bertz CT molecular complexity index is 380. The van der Waals surface area contributed by atoms with E-state index >= 15 is 0 Å². The van der Waals surface area contributed by atoms with E-state index in [0.717, 1.165) is 12.2 Å². The van der Waals surface area contributed by atoms with Crippen molar-refractivity contribution in [2.75, 3.05) is 33.3 Å². The van der Waals surface area contributed by atoms with E-state index in [2.05, 4.69) is 15.2 Å². The Kier molecular flexibility index (Phi) is 5.23. The van der Waals surface area contributed by atoms with Crippen molar-refractivity contribution in [1.29, 1.82) is 0 Å². The van der Waals surface area contributed by atoms with Crippen molar-refractivity contribution in [1.82, 2.24) is 15.2 Å². The third-order valence-electron chi connectivity index (χ3n) is 3.09. The summed E-state index contributed by atoms with van der Waals surface area (Å²) in [6, 6.07) is 3.66. The molecule has 1 aromatic rings. The van der Waals surface area contributed by atoms with Gasteiger partial charge in [0.05, 0.1) is 10.7 Å². The maximum absolute atomic E-state index is 6.05. The van der Waals surface area contributed by atoms with Crippen LogP contribution in [0.1, 0.15) is 18.5 Å². The Labute approximate surface area is 113 Å². The van der Waals surface area contributed by atoms with Crippen molar-refractivity contribution in [2.24, 2.45) is 0 Å². The van der Waals surface area contributed by atoms with Crippen LogP contribution in [0.4, 0.5) is 0 Å². The van der Waals surface area contributed by atoms with E-state index in [1.165, 1.54) is 25.9 Å². The average Bonchev–Trinajstić information content (AvgIpc) is 2.87. The summed E-state index contributed by atoms with van der Waals surface area (Å²) in [5, 5.41) is 3.72. The largest absolute Gasteiger partial charge is 0.476 e. The molecule has 18 heavy (non-hydrogen) atoms. The first-order chi connectivity index (χ1) is 8.79. The second-order valence-corrected chi connectivity index (χ2v) is 4.91. The molecule has 1 N–H and O–H groups in total. The van der Waals surface area contributed by atoms with E-state index in [-0.39, 0.29) is 0 Å². The van der Waals surface area contributed by atoms with Crippen molar-refractivity contribution in [3.05, 3.63) is 22.8 Å². The standard InChI is InChI=1S/C13H20ClN3O/c1-15-10-12-11(14)4-5-13(16-12)18-9-8-17-6-2-3-7-17/h4-5,15H,2-3,6-10H2,1H3. The van der Waals surface area contributed by atoms with Gasteiger partial charge in [-0.2, -0.15) is 0 Å². The fraction of sp³-hybridized carbons (Fsp3) is 0.615. The molecule has 1 fully saturated rings. The van der Waals surface area contributed by atoms with Crippen LogP contribution in [0.15, 0.2) is 12.1 Å². The minimum atomic E-state index is 0.655. The second kappa shape index (κ2) is 6.92. The SMILES string of the molecule is CNCc1nc(OCCN2CCCC2)ccc1Cl. The summed E-state index contributed by atoms with van der Waals surface area (Å²) >= 11 is 6.05. The van der Waals surface area contributed by atoms with Crippen molar-refractivity contribution in [3.63, 3.8) is 0 Å². The van der Waals surface area contributed by atoms with Crippen LogP contribution in [0.3, 0.4) is 0 Å². The Hall–Kier alpha value is -0.840. The number of nitrogens with zero attached hydrogens (tertiary/aromatic N) is 2. The highest BCUT2D eigenvalue weighted by Crippen LogP contribution is 2.18. The van der Waals surface area contributed by atoms with Gasteiger partial charge in [0.25, 0.3) is 0 Å². The lowest BCUT2D eigenvalue weighted by atomic mass is 10.3. The number of ether oxygens (including phenoxy) is 1. The number of halogens is 1. The van der Waals surface area contributed by atoms with E-state index in [9.17, 15) is 0 Å². The number of nitrogens with one attached hydrogen (secondary N) is 1. The zero-order valence-electron chi connectivity index (χ0n) is 10.8. The first-order valence-electron chi connectivity index (χ1n) is 6.45. The quantitative estimate of drug-likeness (QED) is 0.856. The van der Waals surface area contributed by atoms with Gasteiger partial charge in [-0.15, -0.1) is 0 Å². The number of hydrogen-bond acceptors (Lipinski definition) is 4. The van der Waals surface area contributed by atoms with Crippen molar-refractivity contribution < 1.29 is 4.74 Å². The molecule has 0 aromatic carbocycles. The number of hydrogen-bond donors (Lipinski definition) is 1. The van der Waals surface area contributed by atoms with E-state index in [1.54, 1.807) is 0 Å². The van der Waals surface area contributed by atoms with Crippen LogP contribution in [-0.2, 0) is 6.54 Å². The Morgan fingerprint density at radius 1 is 1.39 bits per heavy atom.